The highest BCUT2D eigenvalue weighted by Crippen LogP contribution is 2.23. The molecule has 2 aliphatic heterocycles. The number of rotatable bonds is 0. The molecule has 0 aromatic heterocycles. The van der Waals surface area contributed by atoms with Crippen LogP contribution in [0.1, 0.15) is 6.42 Å². The van der Waals surface area contributed by atoms with Crippen molar-refractivity contribution < 1.29 is 32.2 Å². The number of carbonyl (C=O) groups excluding carboxylic acids is 1. The van der Waals surface area contributed by atoms with E-state index in [1.54, 1.807) is 0 Å². The Morgan fingerprint density at radius 2 is 2.14 bits per heavy atom. The Kier molecular flexibility index (Phi) is 3.56. The van der Waals surface area contributed by atoms with Crippen LogP contribution in [-0.2, 0) is 14.2 Å². The number of halogens is 3. The maximum atomic E-state index is 11.8. The minimum Gasteiger partial charge on any atom is -0.427 e. The molecule has 2 saturated heterocycles. The van der Waals surface area contributed by atoms with Crippen LogP contribution in [0.4, 0.5) is 18.0 Å². The van der Waals surface area contributed by atoms with Crippen LogP contribution in [0.2, 0.25) is 0 Å². The molecule has 4 nitrogen and oxygen atoms in total. The molecule has 2 aliphatic rings. The third-order valence-electron chi connectivity index (χ3n) is 1.48. The predicted octanol–water partition coefficient (Wildman–Crippen LogP) is 1.49. The van der Waals surface area contributed by atoms with Crippen molar-refractivity contribution in [3.63, 3.8) is 0 Å². The van der Waals surface area contributed by atoms with Crippen molar-refractivity contribution in [2.75, 3.05) is 19.8 Å². The summed E-state index contributed by atoms with van der Waals surface area (Å²) in [6.45, 7) is -0.432. The van der Waals surface area contributed by atoms with Crippen LogP contribution in [0, 0.1) is 0 Å². The standard InChI is InChI=1S/C4H6F2O.C3H3FO3/c5-4(6)1-2-7-3-4;4-2-1-6-3(5)7-2/h1-3H2;2H,1H2. The molecule has 82 valence electrons. The molecule has 0 saturated carbocycles. The van der Waals surface area contributed by atoms with Crippen LogP contribution in [-0.4, -0.2) is 38.3 Å². The van der Waals surface area contributed by atoms with Gasteiger partial charge in [-0.15, -0.1) is 0 Å². The number of cyclic esters (lactones) is 2. The Hall–Kier alpha value is -0.980. The third kappa shape index (κ3) is 3.82. The van der Waals surface area contributed by atoms with E-state index in [-0.39, 0.29) is 26.2 Å². The molecule has 0 bridgehead atoms. The molecule has 1 unspecified atom stereocenters. The zero-order valence-electron chi connectivity index (χ0n) is 7.17. The van der Waals surface area contributed by atoms with Crippen LogP contribution in [0.3, 0.4) is 0 Å². The normalized spacial score (nSPS) is 28.8. The molecule has 0 radical (unpaired) electrons. The summed E-state index contributed by atoms with van der Waals surface area (Å²) in [4.78, 5) is 9.77. The van der Waals surface area contributed by atoms with Crippen molar-refractivity contribution >= 4 is 6.16 Å². The van der Waals surface area contributed by atoms with Gasteiger partial charge in [-0.05, 0) is 0 Å². The molecule has 2 heterocycles. The SMILES string of the molecule is FC1(F)CCOC1.O=C1OCC(F)O1. The van der Waals surface area contributed by atoms with Crippen LogP contribution in [0.15, 0.2) is 0 Å². The fraction of sp³-hybridized carbons (Fsp3) is 0.857. The second-order valence-corrected chi connectivity index (χ2v) is 2.75. The molecular formula is C7H9F3O4. The van der Waals surface area contributed by atoms with Gasteiger partial charge >= 0.3 is 6.16 Å². The minimum absolute atomic E-state index is 0.104. The monoisotopic (exact) mass is 214 g/mol. The van der Waals surface area contributed by atoms with Gasteiger partial charge < -0.3 is 14.2 Å². The summed E-state index contributed by atoms with van der Waals surface area (Å²) in [6.07, 6.45) is -2.58. The fourth-order valence-electron chi connectivity index (χ4n) is 0.821. The molecule has 0 amide bonds. The number of hydrogen-bond donors (Lipinski definition) is 0. The lowest BCUT2D eigenvalue weighted by Gasteiger charge is -2.00. The molecule has 2 rings (SSSR count). The van der Waals surface area contributed by atoms with E-state index in [4.69, 9.17) is 0 Å². The lowest BCUT2D eigenvalue weighted by Crippen LogP contribution is -2.13. The van der Waals surface area contributed by atoms with Gasteiger partial charge in [0.15, 0.2) is 6.61 Å². The first kappa shape index (κ1) is 11.1. The Morgan fingerprint density at radius 1 is 1.43 bits per heavy atom. The Morgan fingerprint density at radius 3 is 2.29 bits per heavy atom. The van der Waals surface area contributed by atoms with Gasteiger partial charge in [0.05, 0.1) is 6.61 Å². The maximum Gasteiger partial charge on any atom is 0.511 e. The number of hydrogen-bond acceptors (Lipinski definition) is 4. The van der Waals surface area contributed by atoms with Crippen molar-refractivity contribution in [1.82, 2.24) is 0 Å². The number of carbonyl (C=O) groups is 1. The zero-order valence-corrected chi connectivity index (χ0v) is 7.17. The Bertz CT molecular complexity index is 201. The van der Waals surface area contributed by atoms with E-state index in [9.17, 15) is 18.0 Å². The molecule has 0 aliphatic carbocycles. The maximum absolute atomic E-state index is 11.8. The van der Waals surface area contributed by atoms with Crippen LogP contribution < -0.4 is 0 Å². The van der Waals surface area contributed by atoms with E-state index < -0.39 is 18.4 Å². The Labute approximate surface area is 77.9 Å². The van der Waals surface area contributed by atoms with Gasteiger partial charge in [-0.25, -0.2) is 13.6 Å². The highest BCUT2D eigenvalue weighted by Gasteiger charge is 2.33. The summed E-state index contributed by atoms with van der Waals surface area (Å²) in [6, 6.07) is 0. The predicted molar refractivity (Wildman–Crippen MR) is 37.7 cm³/mol. The second-order valence-electron chi connectivity index (χ2n) is 2.75. The summed E-state index contributed by atoms with van der Waals surface area (Å²) in [5.41, 5.74) is 0. The van der Waals surface area contributed by atoms with E-state index >= 15 is 0 Å². The highest BCUT2D eigenvalue weighted by molar-refractivity contribution is 5.61. The lowest BCUT2D eigenvalue weighted by molar-refractivity contribution is -0.00753. The van der Waals surface area contributed by atoms with Gasteiger partial charge in [-0.1, -0.05) is 0 Å². The molecule has 0 aromatic carbocycles. The molecule has 7 heteroatoms. The first-order chi connectivity index (χ1) is 6.49. The van der Waals surface area contributed by atoms with Gasteiger partial charge in [0.1, 0.15) is 6.61 Å². The molecule has 14 heavy (non-hydrogen) atoms. The summed E-state index contributed by atoms with van der Waals surface area (Å²) in [5.74, 6) is -2.53. The van der Waals surface area contributed by atoms with E-state index in [0.29, 0.717) is 0 Å². The highest BCUT2D eigenvalue weighted by atomic mass is 19.3. The smallest absolute Gasteiger partial charge is 0.427 e. The molecule has 0 aromatic rings. The molecule has 0 spiro atoms. The van der Waals surface area contributed by atoms with Crippen LogP contribution in [0.5, 0.6) is 0 Å². The second kappa shape index (κ2) is 4.50. The van der Waals surface area contributed by atoms with Crippen molar-refractivity contribution in [1.29, 1.82) is 0 Å². The van der Waals surface area contributed by atoms with Crippen molar-refractivity contribution in [3.05, 3.63) is 0 Å². The third-order valence-corrected chi connectivity index (χ3v) is 1.48. The number of ether oxygens (including phenoxy) is 3. The van der Waals surface area contributed by atoms with Gasteiger partial charge in [0.25, 0.3) is 12.3 Å². The molecule has 2 fully saturated rings. The molecular weight excluding hydrogens is 205 g/mol. The van der Waals surface area contributed by atoms with E-state index in [1.165, 1.54) is 0 Å². The minimum atomic E-state index is -2.53. The topological polar surface area (TPSA) is 44.8 Å². The summed E-state index contributed by atoms with van der Waals surface area (Å²) in [5, 5.41) is 0. The van der Waals surface area contributed by atoms with E-state index in [2.05, 4.69) is 14.2 Å². The van der Waals surface area contributed by atoms with Crippen molar-refractivity contribution in [3.8, 4) is 0 Å². The van der Waals surface area contributed by atoms with E-state index in [1.807, 2.05) is 0 Å². The largest absolute Gasteiger partial charge is 0.511 e. The van der Waals surface area contributed by atoms with Gasteiger partial charge in [0.2, 0.25) is 0 Å². The van der Waals surface area contributed by atoms with Crippen LogP contribution >= 0.6 is 0 Å². The van der Waals surface area contributed by atoms with Crippen molar-refractivity contribution in [2.24, 2.45) is 0 Å². The lowest BCUT2D eigenvalue weighted by atomic mass is 10.3. The first-order valence-corrected chi connectivity index (χ1v) is 3.93. The number of alkyl halides is 3. The first-order valence-electron chi connectivity index (χ1n) is 3.93. The van der Waals surface area contributed by atoms with Gasteiger partial charge in [-0.2, -0.15) is 4.39 Å². The van der Waals surface area contributed by atoms with Gasteiger partial charge in [0, 0.05) is 6.42 Å². The summed E-state index contributed by atoms with van der Waals surface area (Å²) >= 11 is 0. The fourth-order valence-corrected chi connectivity index (χ4v) is 0.821. The Balaban J connectivity index is 0.000000140. The van der Waals surface area contributed by atoms with Gasteiger partial charge in [-0.3, -0.25) is 0 Å². The van der Waals surface area contributed by atoms with E-state index in [0.717, 1.165) is 0 Å². The summed E-state index contributed by atoms with van der Waals surface area (Å²) in [7, 11) is 0. The molecule has 0 N–H and O–H groups in total. The van der Waals surface area contributed by atoms with Crippen LogP contribution in [0.25, 0.3) is 0 Å². The zero-order chi connectivity index (χ0) is 10.6. The van der Waals surface area contributed by atoms with Crippen molar-refractivity contribution in [2.45, 2.75) is 18.7 Å². The quantitative estimate of drug-likeness (QED) is 0.573. The molecule has 1 atom stereocenters. The average molecular weight is 214 g/mol. The average Bonchev–Trinajstić information content (AvgIpc) is 2.61. The summed E-state index contributed by atoms with van der Waals surface area (Å²) < 4.78 is 47.5.